The van der Waals surface area contributed by atoms with Crippen LogP contribution in [-0.4, -0.2) is 88.4 Å². The Balaban J connectivity index is 0.000000875. The topological polar surface area (TPSA) is 186 Å². The van der Waals surface area contributed by atoms with E-state index < -0.39 is 63.3 Å². The van der Waals surface area contributed by atoms with Crippen LogP contribution in [0.25, 0.3) is 0 Å². The first-order valence-corrected chi connectivity index (χ1v) is 18.2. The molecule has 0 radical (unpaired) electrons. The molecule has 14 nitrogen and oxygen atoms in total. The normalized spacial score (nSPS) is 15.9. The average Bonchev–Trinajstić information content (AvgIpc) is 3.35. The number of nitrogens with zero attached hydrogens (tertiary/aromatic N) is 4. The molecule has 5 heterocycles. The number of rotatable bonds is 5. The molecule has 0 spiro atoms. The van der Waals surface area contributed by atoms with Crippen molar-refractivity contribution in [3.05, 3.63) is 114 Å². The van der Waals surface area contributed by atoms with Crippen LogP contribution in [0.1, 0.15) is 92.9 Å². The van der Waals surface area contributed by atoms with E-state index in [2.05, 4.69) is 81.9 Å². The molecule has 0 aromatic carbocycles. The number of hydrogen-bond acceptors (Lipinski definition) is 13. The van der Waals surface area contributed by atoms with E-state index in [1.54, 1.807) is 20.0 Å². The van der Waals surface area contributed by atoms with Crippen molar-refractivity contribution in [1.29, 1.82) is 0 Å². The second kappa shape index (κ2) is 24.3. The number of methoxy groups -OCH3 is 3. The van der Waals surface area contributed by atoms with Gasteiger partial charge in [0.1, 0.15) is 10.3 Å². The standard InChI is InChI=1S/C14H20BNO4.C8H8BrNO2.C7H5BrClNO2.C6H3BrClNO2.CH3.Pd/c1-9-11(12(17)18-6)7-10(8-16-9)15-19-13(2,3)14(4,5)20-15;1-5-7(8(11)12-2)3-6(9)4-10-5;1-12-7(11)5-2-4(8)3-10-6(5)9;7-3-1-4(6(10)11)5(8)9-2-3;;/h7-8H,1-6H3;3-4H,1-2H3;2-3H,1H3;1-2H,(H,10,11);1H3;/q;;;;-1;/i6D3;2D3;1D3;;;. The third kappa shape index (κ3) is 15.7. The molecule has 0 atom stereocenters. The number of esters is 3. The number of carbonyl (C=O) groups excluding carboxylic acids is 3. The summed E-state index contributed by atoms with van der Waals surface area (Å²) in [5, 5.41) is 8.44. The van der Waals surface area contributed by atoms with Crippen LogP contribution in [0.2, 0.25) is 10.3 Å². The molecule has 1 aliphatic rings. The number of halogens is 5. The third-order valence-corrected chi connectivity index (χ3v) is 9.37. The third-order valence-electron chi connectivity index (χ3n) is 7.47. The second-order valence-corrected chi connectivity index (χ2v) is 15.2. The van der Waals surface area contributed by atoms with Gasteiger partial charge in [-0.15, -0.1) is 0 Å². The minimum atomic E-state index is -2.80. The van der Waals surface area contributed by atoms with Crippen LogP contribution in [0.4, 0.5) is 0 Å². The first-order valence-electron chi connectivity index (χ1n) is 19.5. The van der Waals surface area contributed by atoms with E-state index in [1.807, 2.05) is 27.7 Å². The van der Waals surface area contributed by atoms with Crippen LogP contribution >= 0.6 is 71.0 Å². The van der Waals surface area contributed by atoms with Crippen molar-refractivity contribution in [2.24, 2.45) is 0 Å². The minimum absolute atomic E-state index is 0. The van der Waals surface area contributed by atoms with Crippen molar-refractivity contribution < 1.29 is 80.6 Å². The predicted octanol–water partition coefficient (Wildman–Crippen LogP) is 8.34. The largest absolute Gasteiger partial charge is 0.496 e. The summed E-state index contributed by atoms with van der Waals surface area (Å²) in [6.45, 7) is 10.9. The molecule has 0 aliphatic carbocycles. The van der Waals surface area contributed by atoms with Crippen LogP contribution in [-0.2, 0) is 43.9 Å². The van der Waals surface area contributed by atoms with Gasteiger partial charge in [-0.1, -0.05) is 23.2 Å². The fraction of sp³-hybridized carbons (Fsp3) is 0.306. The summed E-state index contributed by atoms with van der Waals surface area (Å²) in [6.07, 6.45) is 5.88. The molecule has 4 aromatic rings. The van der Waals surface area contributed by atoms with Gasteiger partial charge < -0.3 is 36.1 Å². The molecule has 1 fully saturated rings. The van der Waals surface area contributed by atoms with E-state index in [0.717, 1.165) is 0 Å². The van der Waals surface area contributed by atoms with E-state index in [-0.39, 0.29) is 60.4 Å². The smallest absolute Gasteiger partial charge is 0.478 e. The Bertz CT molecular complexity index is 2280. The summed E-state index contributed by atoms with van der Waals surface area (Å²) in [5.74, 6) is -3.97. The van der Waals surface area contributed by atoms with Crippen molar-refractivity contribution in [1.82, 2.24) is 19.9 Å². The zero-order valence-corrected chi connectivity index (χ0v) is 38.6. The summed E-state index contributed by atoms with van der Waals surface area (Å²) in [4.78, 5) is 60.4. The maximum atomic E-state index is 12.0. The molecule has 0 saturated carbocycles. The van der Waals surface area contributed by atoms with Crippen molar-refractivity contribution in [2.75, 3.05) is 21.1 Å². The van der Waals surface area contributed by atoms with Gasteiger partial charge in [-0.3, -0.25) is 9.97 Å². The van der Waals surface area contributed by atoms with Gasteiger partial charge in [0, 0.05) is 64.1 Å². The van der Waals surface area contributed by atoms with Gasteiger partial charge in [0.15, 0.2) is 0 Å². The number of hydrogen-bond donors (Lipinski definition) is 1. The average molecular weight is 1120 g/mol. The van der Waals surface area contributed by atoms with E-state index in [4.69, 9.17) is 50.0 Å². The van der Waals surface area contributed by atoms with E-state index in [0.29, 0.717) is 30.3 Å². The van der Waals surface area contributed by atoms with Crippen molar-refractivity contribution in [3.63, 3.8) is 0 Å². The SMILES string of the molecule is O=C(O)c1cc(Br)cnc1Cl.[2H]C([2H])([2H])OC(=O)c1cc(B2OC(C)(C)C(C)(C)O2)cnc1C.[2H]C([2H])([2H])OC(=O)c1cc(Br)cnc1C.[2H]C([2H])([2H])OC(=O)c1cc(Br)cnc1Cl.[CH3-].[Pd]. The molecular formula is C36H39BBr3Cl2N4O10Pd-. The Kier molecular flexibility index (Phi) is 16.9. The molecule has 57 heavy (non-hydrogen) atoms. The summed E-state index contributed by atoms with van der Waals surface area (Å²) in [6, 6.07) is 5.70. The molecule has 5 rings (SSSR count). The quantitative estimate of drug-likeness (QED) is 0.0661. The second-order valence-electron chi connectivity index (χ2n) is 11.7. The van der Waals surface area contributed by atoms with Crippen LogP contribution in [0, 0.1) is 21.3 Å². The Hall–Kier alpha value is -2.85. The van der Waals surface area contributed by atoms with Gasteiger partial charge in [-0.2, -0.15) is 0 Å². The monoisotopic (exact) mass is 1120 g/mol. The number of carboxylic acids is 1. The first-order chi connectivity index (χ1) is 29.0. The Morgan fingerprint density at radius 1 is 0.667 bits per heavy atom. The van der Waals surface area contributed by atoms with Crippen LogP contribution in [0.15, 0.2) is 62.5 Å². The molecule has 0 amide bonds. The Morgan fingerprint density at radius 2 is 1.02 bits per heavy atom. The molecular weight excluding hydrogens is 1080 g/mol. The van der Waals surface area contributed by atoms with E-state index >= 15 is 0 Å². The Morgan fingerprint density at radius 3 is 1.44 bits per heavy atom. The van der Waals surface area contributed by atoms with Crippen LogP contribution in [0.3, 0.4) is 0 Å². The molecule has 0 unspecified atom stereocenters. The number of pyridine rings is 4. The van der Waals surface area contributed by atoms with Gasteiger partial charge >= 0.3 is 31.0 Å². The summed E-state index contributed by atoms with van der Waals surface area (Å²) in [7, 11) is -9.01. The zero-order valence-electron chi connectivity index (χ0n) is 39.8. The maximum absolute atomic E-state index is 12.0. The van der Waals surface area contributed by atoms with Crippen molar-refractivity contribution in [3.8, 4) is 0 Å². The summed E-state index contributed by atoms with van der Waals surface area (Å²) in [5.41, 5.74) is 0.403. The summed E-state index contributed by atoms with van der Waals surface area (Å²) < 4.78 is 88.1. The van der Waals surface area contributed by atoms with Gasteiger partial charge in [-0.05, 0) is 114 Å². The maximum Gasteiger partial charge on any atom is 0.496 e. The summed E-state index contributed by atoms with van der Waals surface area (Å²) >= 11 is 20.4. The fourth-order valence-corrected chi connectivity index (χ4v) is 5.24. The number of ether oxygens (including phenoxy) is 3. The van der Waals surface area contributed by atoms with Crippen molar-refractivity contribution in [2.45, 2.75) is 52.7 Å². The number of carboxylic acid groups (broad SMARTS) is 1. The van der Waals surface area contributed by atoms with Gasteiger partial charge in [-0.25, -0.2) is 29.1 Å². The van der Waals surface area contributed by atoms with Crippen LogP contribution < -0.4 is 5.46 Å². The first kappa shape index (κ1) is 39.6. The molecule has 0 bridgehead atoms. The fourth-order valence-electron chi connectivity index (χ4n) is 3.88. The molecule has 1 saturated heterocycles. The predicted molar refractivity (Wildman–Crippen MR) is 223 cm³/mol. The van der Waals surface area contributed by atoms with Gasteiger partial charge in [0.25, 0.3) is 0 Å². The van der Waals surface area contributed by atoms with Gasteiger partial charge in [0.05, 0.1) is 78.3 Å². The minimum Gasteiger partial charge on any atom is -0.478 e. The number of aromatic nitrogens is 4. The van der Waals surface area contributed by atoms with E-state index in [1.165, 1.54) is 42.9 Å². The number of carbonyl (C=O) groups is 4. The molecule has 21 heteroatoms. The number of aromatic carboxylic acids is 1. The van der Waals surface area contributed by atoms with Crippen LogP contribution in [0.5, 0.6) is 0 Å². The number of aryl methyl sites for hydroxylation is 2. The molecule has 312 valence electrons. The van der Waals surface area contributed by atoms with Gasteiger partial charge in [0.2, 0.25) is 0 Å². The molecule has 4 aromatic heterocycles. The molecule has 1 aliphatic heterocycles. The van der Waals surface area contributed by atoms with E-state index in [9.17, 15) is 19.2 Å². The Labute approximate surface area is 393 Å². The zero-order chi connectivity index (χ0) is 49.3. The van der Waals surface area contributed by atoms with Crippen molar-refractivity contribution >= 4 is 107 Å². The molecule has 1 N–H and O–H groups in total.